The Morgan fingerprint density at radius 2 is 2.08 bits per heavy atom. The van der Waals surface area contributed by atoms with E-state index in [2.05, 4.69) is 18.0 Å². The molecule has 0 saturated heterocycles. The predicted molar refractivity (Wildman–Crippen MR) is 56.9 cm³/mol. The summed E-state index contributed by atoms with van der Waals surface area (Å²) in [7, 11) is 0. The summed E-state index contributed by atoms with van der Waals surface area (Å²) in [5, 5.41) is 0. The lowest BCUT2D eigenvalue weighted by Crippen LogP contribution is -1.92. The molecule has 1 aliphatic carbocycles. The smallest absolute Gasteiger partial charge is 0.0466 e. The van der Waals surface area contributed by atoms with E-state index in [1.165, 1.54) is 24.1 Å². The fourth-order valence-corrected chi connectivity index (χ4v) is 1.47. The molecule has 1 aromatic rings. The Morgan fingerprint density at radius 3 is 2.62 bits per heavy atom. The summed E-state index contributed by atoms with van der Waals surface area (Å²) in [6, 6.07) is 4.23. The Kier molecular flexibility index (Phi) is 3.94. The molecule has 0 aliphatic heterocycles. The highest BCUT2D eigenvalue weighted by atomic mass is 14.7. The monoisotopic (exact) mass is 177 g/mol. The van der Waals surface area contributed by atoms with Crippen LogP contribution in [0.1, 0.15) is 50.8 Å². The Morgan fingerprint density at radius 1 is 1.38 bits per heavy atom. The highest BCUT2D eigenvalue weighted by Gasteiger charge is 2.26. The van der Waals surface area contributed by atoms with E-state index in [0.717, 1.165) is 12.3 Å². The molecular weight excluding hydrogens is 158 g/mol. The maximum absolute atomic E-state index is 4.41. The van der Waals surface area contributed by atoms with E-state index in [9.17, 15) is 0 Å². The molecule has 0 N–H and O–H groups in total. The van der Waals surface area contributed by atoms with Gasteiger partial charge in [0.2, 0.25) is 0 Å². The lowest BCUT2D eigenvalue weighted by molar-refractivity contribution is 0.954. The molecule has 0 bridgehead atoms. The standard InChI is InChI=1S/C10H13N.C2H6/c1-2-8-4-3-7-11-10(8)9-5-6-9;1-2/h3-4,7,9H,2,5-6H2,1H3;1-2H3. The number of hydrogen-bond donors (Lipinski definition) is 0. The van der Waals surface area contributed by atoms with Gasteiger partial charge in [0.05, 0.1) is 0 Å². The molecule has 2 rings (SSSR count). The first kappa shape index (κ1) is 10.2. The Labute approximate surface area is 81.2 Å². The second-order valence-corrected chi connectivity index (χ2v) is 3.18. The molecule has 1 aromatic heterocycles. The van der Waals surface area contributed by atoms with Gasteiger partial charge in [-0.2, -0.15) is 0 Å². The molecule has 0 atom stereocenters. The van der Waals surface area contributed by atoms with Gasteiger partial charge in [-0.25, -0.2) is 0 Å². The van der Waals surface area contributed by atoms with Gasteiger partial charge in [0.15, 0.2) is 0 Å². The molecule has 0 aromatic carbocycles. The van der Waals surface area contributed by atoms with Crippen molar-refractivity contribution in [1.29, 1.82) is 0 Å². The molecule has 72 valence electrons. The van der Waals surface area contributed by atoms with Crippen molar-refractivity contribution >= 4 is 0 Å². The van der Waals surface area contributed by atoms with Gasteiger partial charge in [0.1, 0.15) is 0 Å². The predicted octanol–water partition coefficient (Wildman–Crippen LogP) is 3.55. The minimum Gasteiger partial charge on any atom is -0.261 e. The summed E-state index contributed by atoms with van der Waals surface area (Å²) < 4.78 is 0. The van der Waals surface area contributed by atoms with Crippen LogP contribution in [0.4, 0.5) is 0 Å². The van der Waals surface area contributed by atoms with Crippen molar-refractivity contribution in [2.45, 2.75) is 46.0 Å². The summed E-state index contributed by atoms with van der Waals surface area (Å²) in [6.07, 6.45) is 5.74. The zero-order valence-corrected chi connectivity index (χ0v) is 8.88. The van der Waals surface area contributed by atoms with Gasteiger partial charge in [-0.3, -0.25) is 4.98 Å². The number of rotatable bonds is 2. The van der Waals surface area contributed by atoms with Crippen LogP contribution in [0.2, 0.25) is 0 Å². The van der Waals surface area contributed by atoms with Crippen LogP contribution in [0.3, 0.4) is 0 Å². The highest BCUT2D eigenvalue weighted by Crippen LogP contribution is 2.40. The molecule has 1 fully saturated rings. The van der Waals surface area contributed by atoms with Crippen molar-refractivity contribution in [3.05, 3.63) is 29.6 Å². The Bertz CT molecular complexity index is 251. The summed E-state index contributed by atoms with van der Waals surface area (Å²) in [6.45, 7) is 6.20. The average Bonchev–Trinajstić information content (AvgIpc) is 3.04. The molecule has 1 heteroatoms. The molecule has 13 heavy (non-hydrogen) atoms. The summed E-state index contributed by atoms with van der Waals surface area (Å²) in [5.74, 6) is 0.797. The molecule has 1 heterocycles. The molecule has 0 unspecified atom stereocenters. The minimum atomic E-state index is 0.797. The van der Waals surface area contributed by atoms with Gasteiger partial charge >= 0.3 is 0 Å². The summed E-state index contributed by atoms with van der Waals surface area (Å²) in [4.78, 5) is 4.41. The fraction of sp³-hybridized carbons (Fsp3) is 0.583. The average molecular weight is 177 g/mol. The number of aryl methyl sites for hydroxylation is 1. The van der Waals surface area contributed by atoms with Crippen LogP contribution in [0.25, 0.3) is 0 Å². The van der Waals surface area contributed by atoms with Gasteiger partial charge in [0, 0.05) is 17.8 Å². The maximum Gasteiger partial charge on any atom is 0.0466 e. The van der Waals surface area contributed by atoms with E-state index in [1.54, 1.807) is 0 Å². The van der Waals surface area contributed by atoms with E-state index < -0.39 is 0 Å². The lowest BCUT2D eigenvalue weighted by atomic mass is 10.1. The van der Waals surface area contributed by atoms with Gasteiger partial charge < -0.3 is 0 Å². The molecule has 1 nitrogen and oxygen atoms in total. The fourth-order valence-electron chi connectivity index (χ4n) is 1.47. The largest absolute Gasteiger partial charge is 0.261 e. The third-order valence-electron chi connectivity index (χ3n) is 2.27. The van der Waals surface area contributed by atoms with E-state index in [4.69, 9.17) is 0 Å². The number of pyridine rings is 1. The van der Waals surface area contributed by atoms with Crippen LogP contribution in [0.15, 0.2) is 18.3 Å². The molecule has 0 spiro atoms. The van der Waals surface area contributed by atoms with E-state index in [-0.39, 0.29) is 0 Å². The van der Waals surface area contributed by atoms with Gasteiger partial charge in [-0.15, -0.1) is 0 Å². The van der Waals surface area contributed by atoms with Crippen LogP contribution >= 0.6 is 0 Å². The van der Waals surface area contributed by atoms with Crippen molar-refractivity contribution in [2.75, 3.05) is 0 Å². The molecule has 0 radical (unpaired) electrons. The first-order valence-corrected chi connectivity index (χ1v) is 5.35. The van der Waals surface area contributed by atoms with Crippen LogP contribution < -0.4 is 0 Å². The SMILES string of the molecule is CC.CCc1cccnc1C1CC1. The quantitative estimate of drug-likeness (QED) is 0.673. The first-order chi connectivity index (χ1) is 6.42. The van der Waals surface area contributed by atoms with E-state index in [0.29, 0.717) is 0 Å². The third kappa shape index (κ3) is 2.55. The molecule has 1 saturated carbocycles. The normalized spacial score (nSPS) is 14.7. The summed E-state index contributed by atoms with van der Waals surface area (Å²) in [5.41, 5.74) is 2.80. The second-order valence-electron chi connectivity index (χ2n) is 3.18. The van der Waals surface area contributed by atoms with Crippen LogP contribution in [-0.2, 0) is 6.42 Å². The first-order valence-electron chi connectivity index (χ1n) is 5.35. The van der Waals surface area contributed by atoms with Gasteiger partial charge in [-0.1, -0.05) is 26.8 Å². The van der Waals surface area contributed by atoms with Crippen molar-refractivity contribution in [3.8, 4) is 0 Å². The molecular formula is C12H19N. The van der Waals surface area contributed by atoms with E-state index in [1.807, 2.05) is 26.1 Å². The molecule has 1 aliphatic rings. The molecule has 0 amide bonds. The zero-order chi connectivity index (χ0) is 9.68. The number of aromatic nitrogens is 1. The van der Waals surface area contributed by atoms with Crippen LogP contribution in [0, 0.1) is 0 Å². The van der Waals surface area contributed by atoms with Crippen molar-refractivity contribution in [3.63, 3.8) is 0 Å². The number of nitrogens with zero attached hydrogens (tertiary/aromatic N) is 1. The van der Waals surface area contributed by atoms with Gasteiger partial charge in [-0.05, 0) is 30.9 Å². The third-order valence-corrected chi connectivity index (χ3v) is 2.27. The van der Waals surface area contributed by atoms with Crippen molar-refractivity contribution < 1.29 is 0 Å². The Hall–Kier alpha value is -0.850. The highest BCUT2D eigenvalue weighted by molar-refractivity contribution is 5.26. The number of hydrogen-bond acceptors (Lipinski definition) is 1. The van der Waals surface area contributed by atoms with Crippen LogP contribution in [0.5, 0.6) is 0 Å². The van der Waals surface area contributed by atoms with E-state index >= 15 is 0 Å². The Balaban J connectivity index is 0.000000396. The zero-order valence-electron chi connectivity index (χ0n) is 8.88. The van der Waals surface area contributed by atoms with Crippen molar-refractivity contribution in [2.24, 2.45) is 0 Å². The topological polar surface area (TPSA) is 12.9 Å². The summed E-state index contributed by atoms with van der Waals surface area (Å²) >= 11 is 0. The van der Waals surface area contributed by atoms with Crippen LogP contribution in [-0.4, -0.2) is 4.98 Å². The maximum atomic E-state index is 4.41. The second kappa shape index (κ2) is 5.00. The van der Waals surface area contributed by atoms with Gasteiger partial charge in [0.25, 0.3) is 0 Å². The van der Waals surface area contributed by atoms with Crippen molar-refractivity contribution in [1.82, 2.24) is 4.98 Å². The lowest BCUT2D eigenvalue weighted by Gasteiger charge is -2.02. The minimum absolute atomic E-state index is 0.797.